The molecule has 1 heterocycles. The molecule has 0 saturated carbocycles. The monoisotopic (exact) mass is 386 g/mol. The molecule has 5 nitrogen and oxygen atoms in total. The van der Waals surface area contributed by atoms with Crippen molar-refractivity contribution < 1.29 is 13.2 Å². The van der Waals surface area contributed by atoms with Crippen molar-refractivity contribution in [1.29, 1.82) is 0 Å². The Bertz CT molecular complexity index is 801. The van der Waals surface area contributed by atoms with Crippen LogP contribution in [-0.2, 0) is 16.6 Å². The summed E-state index contributed by atoms with van der Waals surface area (Å²) in [6.45, 7) is 2.68. The number of benzene rings is 1. The first kappa shape index (κ1) is 18.9. The van der Waals surface area contributed by atoms with Crippen LogP contribution >= 0.6 is 22.9 Å². The third-order valence-electron chi connectivity index (χ3n) is 3.37. The zero-order chi connectivity index (χ0) is 17.7. The van der Waals surface area contributed by atoms with Crippen molar-refractivity contribution in [2.24, 2.45) is 0 Å². The fourth-order valence-electron chi connectivity index (χ4n) is 2.05. The van der Waals surface area contributed by atoms with Crippen LogP contribution < -0.4 is 5.32 Å². The van der Waals surface area contributed by atoms with Crippen molar-refractivity contribution in [2.45, 2.75) is 24.1 Å². The van der Waals surface area contributed by atoms with Gasteiger partial charge in [-0.2, -0.15) is 0 Å². The van der Waals surface area contributed by atoms with Crippen molar-refractivity contribution in [2.75, 3.05) is 13.6 Å². The molecule has 0 spiro atoms. The number of carbonyl (C=O) groups is 1. The second-order valence-corrected chi connectivity index (χ2v) is 9.11. The minimum absolute atomic E-state index is 0.229. The Morgan fingerprint density at radius 1 is 1.21 bits per heavy atom. The average molecular weight is 387 g/mol. The molecule has 0 aliphatic heterocycles. The molecular formula is C16H19ClN2O3S2. The molecule has 1 amide bonds. The summed E-state index contributed by atoms with van der Waals surface area (Å²) in [6, 6.07) is 9.88. The van der Waals surface area contributed by atoms with E-state index >= 15 is 0 Å². The van der Waals surface area contributed by atoms with Crippen LogP contribution in [0.5, 0.6) is 0 Å². The second-order valence-electron chi connectivity index (χ2n) is 5.24. The lowest BCUT2D eigenvalue weighted by molar-refractivity contribution is 0.0951. The molecule has 2 rings (SSSR count). The van der Waals surface area contributed by atoms with Crippen LogP contribution in [-0.4, -0.2) is 32.2 Å². The molecule has 130 valence electrons. The zero-order valence-corrected chi connectivity index (χ0v) is 15.8. The van der Waals surface area contributed by atoms with Crippen LogP contribution in [0.15, 0.2) is 40.6 Å². The summed E-state index contributed by atoms with van der Waals surface area (Å²) >= 11 is 6.96. The molecule has 0 saturated heterocycles. The van der Waals surface area contributed by atoms with Crippen LogP contribution in [0.2, 0.25) is 5.02 Å². The van der Waals surface area contributed by atoms with Crippen molar-refractivity contribution in [1.82, 2.24) is 9.62 Å². The van der Waals surface area contributed by atoms with Crippen LogP contribution in [0.25, 0.3) is 0 Å². The van der Waals surface area contributed by atoms with Gasteiger partial charge in [-0.05, 0) is 42.8 Å². The van der Waals surface area contributed by atoms with E-state index in [1.165, 1.54) is 15.6 Å². The molecule has 24 heavy (non-hydrogen) atoms. The van der Waals surface area contributed by atoms with Gasteiger partial charge in [0.1, 0.15) is 4.21 Å². The van der Waals surface area contributed by atoms with Crippen LogP contribution in [0, 0.1) is 0 Å². The molecule has 2 aromatic rings. The van der Waals surface area contributed by atoms with Crippen molar-refractivity contribution in [3.63, 3.8) is 0 Å². The smallest absolute Gasteiger partial charge is 0.252 e. The lowest BCUT2D eigenvalue weighted by atomic mass is 10.2. The highest BCUT2D eigenvalue weighted by Gasteiger charge is 2.22. The molecule has 0 aliphatic rings. The number of hydrogen-bond donors (Lipinski definition) is 1. The molecule has 0 radical (unpaired) electrons. The Kier molecular flexibility index (Phi) is 6.40. The van der Waals surface area contributed by atoms with Crippen LogP contribution in [0.4, 0.5) is 0 Å². The first-order chi connectivity index (χ1) is 11.3. The highest BCUT2D eigenvalue weighted by Crippen LogP contribution is 2.24. The lowest BCUT2D eigenvalue weighted by Gasteiger charge is -2.14. The summed E-state index contributed by atoms with van der Waals surface area (Å²) in [7, 11) is -1.88. The fourth-order valence-corrected chi connectivity index (χ4v) is 4.95. The standard InChI is InChI=1S/C16H19ClN2O3S2/c1-3-10-19(2)24(21,22)15-9-8-14(23-15)11-18-16(20)12-4-6-13(17)7-5-12/h4-9H,3,10-11H2,1-2H3,(H,18,20). The Labute approximate surface area is 151 Å². The topological polar surface area (TPSA) is 66.5 Å². The fraction of sp³-hybridized carbons (Fsp3) is 0.312. The van der Waals surface area contributed by atoms with Gasteiger partial charge in [0.2, 0.25) is 0 Å². The second kappa shape index (κ2) is 8.11. The SMILES string of the molecule is CCCN(C)S(=O)(=O)c1ccc(CNC(=O)c2ccc(Cl)cc2)s1. The molecule has 0 aliphatic carbocycles. The zero-order valence-electron chi connectivity index (χ0n) is 13.5. The van der Waals surface area contributed by atoms with E-state index in [-0.39, 0.29) is 16.7 Å². The Morgan fingerprint density at radius 3 is 2.50 bits per heavy atom. The Morgan fingerprint density at radius 2 is 1.88 bits per heavy atom. The summed E-state index contributed by atoms with van der Waals surface area (Å²) in [5.41, 5.74) is 0.506. The highest BCUT2D eigenvalue weighted by molar-refractivity contribution is 7.91. The molecule has 8 heteroatoms. The molecule has 0 unspecified atom stereocenters. The third kappa shape index (κ3) is 4.57. The summed E-state index contributed by atoms with van der Waals surface area (Å²) < 4.78 is 26.4. The van der Waals surface area contributed by atoms with Crippen molar-refractivity contribution in [3.8, 4) is 0 Å². The number of halogens is 1. The highest BCUT2D eigenvalue weighted by atomic mass is 35.5. The van der Waals surface area contributed by atoms with Gasteiger partial charge in [-0.15, -0.1) is 11.3 Å². The number of sulfonamides is 1. The van der Waals surface area contributed by atoms with Gasteiger partial charge in [-0.25, -0.2) is 12.7 Å². The van der Waals surface area contributed by atoms with E-state index in [1.807, 2.05) is 6.92 Å². The predicted octanol–water partition coefficient (Wildman–Crippen LogP) is 3.36. The first-order valence-corrected chi connectivity index (χ1v) is 10.1. The van der Waals surface area contributed by atoms with E-state index < -0.39 is 10.0 Å². The van der Waals surface area contributed by atoms with Crippen molar-refractivity contribution >= 4 is 38.9 Å². The Hall–Kier alpha value is -1.41. The van der Waals surface area contributed by atoms with Gasteiger partial charge in [-0.1, -0.05) is 18.5 Å². The van der Waals surface area contributed by atoms with E-state index in [0.717, 1.165) is 11.3 Å². The predicted molar refractivity (Wildman–Crippen MR) is 97.0 cm³/mol. The molecule has 0 bridgehead atoms. The number of thiophene rings is 1. The molecule has 1 N–H and O–H groups in total. The number of amides is 1. The third-order valence-corrected chi connectivity index (χ3v) is 7.03. The molecule has 0 fully saturated rings. The summed E-state index contributed by atoms with van der Waals surface area (Å²) in [6.07, 6.45) is 0.755. The van der Waals surface area contributed by atoms with E-state index in [1.54, 1.807) is 43.4 Å². The number of carbonyl (C=O) groups excluding carboxylic acids is 1. The van der Waals surface area contributed by atoms with E-state index in [2.05, 4.69) is 5.32 Å². The van der Waals surface area contributed by atoms with Gasteiger partial charge in [0, 0.05) is 29.1 Å². The first-order valence-electron chi connectivity index (χ1n) is 7.43. The molecule has 0 atom stereocenters. The normalized spacial score (nSPS) is 11.7. The summed E-state index contributed by atoms with van der Waals surface area (Å²) in [4.78, 5) is 12.8. The number of hydrogen-bond acceptors (Lipinski definition) is 4. The summed E-state index contributed by atoms with van der Waals surface area (Å²) in [5.74, 6) is -0.229. The van der Waals surface area contributed by atoms with Gasteiger partial charge < -0.3 is 5.32 Å². The number of nitrogens with one attached hydrogen (secondary N) is 1. The van der Waals surface area contributed by atoms with Crippen LogP contribution in [0.1, 0.15) is 28.6 Å². The quantitative estimate of drug-likeness (QED) is 0.793. The summed E-state index contributed by atoms with van der Waals surface area (Å²) in [5, 5.41) is 3.34. The number of rotatable bonds is 7. The maximum atomic E-state index is 12.4. The number of nitrogens with zero attached hydrogens (tertiary/aromatic N) is 1. The molecule has 1 aromatic carbocycles. The minimum Gasteiger partial charge on any atom is -0.347 e. The van der Waals surface area contributed by atoms with E-state index in [0.29, 0.717) is 17.1 Å². The average Bonchev–Trinajstić information content (AvgIpc) is 3.03. The largest absolute Gasteiger partial charge is 0.347 e. The van der Waals surface area contributed by atoms with E-state index in [4.69, 9.17) is 11.6 Å². The van der Waals surface area contributed by atoms with Gasteiger partial charge in [0.15, 0.2) is 0 Å². The maximum absolute atomic E-state index is 12.4. The van der Waals surface area contributed by atoms with Crippen LogP contribution in [0.3, 0.4) is 0 Å². The Balaban J connectivity index is 2.01. The van der Waals surface area contributed by atoms with Gasteiger partial charge >= 0.3 is 0 Å². The van der Waals surface area contributed by atoms with E-state index in [9.17, 15) is 13.2 Å². The van der Waals surface area contributed by atoms with Gasteiger partial charge in [0.05, 0.1) is 6.54 Å². The lowest BCUT2D eigenvalue weighted by Crippen LogP contribution is -2.26. The molecule has 1 aromatic heterocycles. The maximum Gasteiger partial charge on any atom is 0.252 e. The molecular weight excluding hydrogens is 368 g/mol. The minimum atomic E-state index is -3.45. The van der Waals surface area contributed by atoms with Gasteiger partial charge in [0.25, 0.3) is 15.9 Å². The van der Waals surface area contributed by atoms with Crippen molar-refractivity contribution in [3.05, 3.63) is 51.9 Å². The van der Waals surface area contributed by atoms with Gasteiger partial charge in [-0.3, -0.25) is 4.79 Å².